The van der Waals surface area contributed by atoms with Crippen LogP contribution in [0.1, 0.15) is 12.0 Å². The van der Waals surface area contributed by atoms with Crippen molar-refractivity contribution in [3.8, 4) is 0 Å². The molecule has 0 saturated carbocycles. The molecule has 1 atom stereocenters. The van der Waals surface area contributed by atoms with Gasteiger partial charge in [0.25, 0.3) is 0 Å². The molecule has 156 valence electrons. The zero-order valence-electron chi connectivity index (χ0n) is 15.9. The van der Waals surface area contributed by atoms with E-state index < -0.39 is 12.7 Å². The Labute approximate surface area is 180 Å². The van der Waals surface area contributed by atoms with E-state index in [0.717, 1.165) is 24.9 Å². The van der Waals surface area contributed by atoms with Gasteiger partial charge in [-0.2, -0.15) is 13.2 Å². The number of aromatic nitrogens is 1. The minimum Gasteiger partial charge on any atom is -0.361 e. The van der Waals surface area contributed by atoms with E-state index in [2.05, 4.69) is 32.7 Å². The van der Waals surface area contributed by atoms with Crippen LogP contribution in [0.25, 0.3) is 10.9 Å². The van der Waals surface area contributed by atoms with Gasteiger partial charge in [-0.3, -0.25) is 9.89 Å². The molecule has 0 spiro atoms. The van der Waals surface area contributed by atoms with E-state index in [4.69, 9.17) is 0 Å². The van der Waals surface area contributed by atoms with Crippen molar-refractivity contribution in [2.45, 2.75) is 19.0 Å². The number of hydrogen-bond acceptors (Lipinski definition) is 2. The van der Waals surface area contributed by atoms with Gasteiger partial charge in [0.1, 0.15) is 0 Å². The number of aliphatic imine (C=N–C) groups is 1. The third kappa shape index (κ3) is 6.54. The number of rotatable bonds is 6. The maximum atomic E-state index is 12.5. The zero-order valence-corrected chi connectivity index (χ0v) is 18.2. The number of fused-ring (bicyclic) bond motifs is 1. The van der Waals surface area contributed by atoms with E-state index in [-0.39, 0.29) is 29.9 Å². The average Bonchev–Trinajstić information content (AvgIpc) is 3.23. The molecule has 1 aliphatic heterocycles. The molecular formula is C19H27F3IN5. The van der Waals surface area contributed by atoms with E-state index in [1.165, 1.54) is 15.8 Å². The van der Waals surface area contributed by atoms with Gasteiger partial charge in [-0.25, -0.2) is 0 Å². The molecule has 0 radical (unpaired) electrons. The van der Waals surface area contributed by atoms with Crippen molar-refractivity contribution >= 4 is 40.8 Å². The number of alkyl halides is 3. The third-order valence-electron chi connectivity index (χ3n) is 4.92. The molecule has 1 saturated heterocycles. The maximum absolute atomic E-state index is 12.5. The summed E-state index contributed by atoms with van der Waals surface area (Å²) in [6, 6.07) is 8.18. The van der Waals surface area contributed by atoms with E-state index in [1.54, 1.807) is 7.05 Å². The van der Waals surface area contributed by atoms with E-state index in [0.29, 0.717) is 25.6 Å². The van der Waals surface area contributed by atoms with Gasteiger partial charge in [0.2, 0.25) is 0 Å². The number of halogens is 4. The minimum atomic E-state index is -4.12. The van der Waals surface area contributed by atoms with Crippen molar-refractivity contribution in [1.29, 1.82) is 0 Å². The van der Waals surface area contributed by atoms with Crippen LogP contribution in [0.3, 0.4) is 0 Å². The molecule has 28 heavy (non-hydrogen) atoms. The molecule has 1 aliphatic rings. The van der Waals surface area contributed by atoms with Crippen LogP contribution >= 0.6 is 24.0 Å². The first-order valence-corrected chi connectivity index (χ1v) is 9.23. The highest BCUT2D eigenvalue weighted by Gasteiger charge is 2.34. The van der Waals surface area contributed by atoms with Crippen molar-refractivity contribution in [2.75, 3.05) is 39.8 Å². The molecule has 1 fully saturated rings. The Bertz CT molecular complexity index is 774. The summed E-state index contributed by atoms with van der Waals surface area (Å²) < 4.78 is 37.4. The number of hydrogen-bond donors (Lipinski definition) is 3. The van der Waals surface area contributed by atoms with Crippen molar-refractivity contribution in [2.24, 2.45) is 10.9 Å². The van der Waals surface area contributed by atoms with Crippen molar-refractivity contribution in [1.82, 2.24) is 20.5 Å². The second kappa shape index (κ2) is 10.3. The minimum absolute atomic E-state index is 0. The van der Waals surface area contributed by atoms with Crippen LogP contribution in [0.5, 0.6) is 0 Å². The summed E-state index contributed by atoms with van der Waals surface area (Å²) in [6.07, 6.45) is -0.471. The molecule has 5 nitrogen and oxygen atoms in total. The number of nitrogens with zero attached hydrogens (tertiary/aromatic N) is 2. The smallest absolute Gasteiger partial charge is 0.361 e. The van der Waals surface area contributed by atoms with Gasteiger partial charge in [0.05, 0.1) is 6.54 Å². The van der Waals surface area contributed by atoms with Crippen molar-refractivity contribution < 1.29 is 13.2 Å². The second-order valence-corrected chi connectivity index (χ2v) is 6.99. The summed E-state index contributed by atoms with van der Waals surface area (Å²) in [5, 5.41) is 7.73. The molecule has 9 heteroatoms. The highest BCUT2D eigenvalue weighted by molar-refractivity contribution is 14.0. The lowest BCUT2D eigenvalue weighted by atomic mass is 10.1. The molecular weight excluding hydrogens is 482 g/mol. The van der Waals surface area contributed by atoms with E-state index in [1.807, 2.05) is 18.3 Å². The Balaban J connectivity index is 0.00000280. The van der Waals surface area contributed by atoms with Gasteiger partial charge in [0.15, 0.2) is 5.96 Å². The summed E-state index contributed by atoms with van der Waals surface area (Å²) in [5.41, 5.74) is 2.37. The molecule has 2 heterocycles. The second-order valence-electron chi connectivity index (χ2n) is 6.99. The largest absolute Gasteiger partial charge is 0.401 e. The highest BCUT2D eigenvalue weighted by Crippen LogP contribution is 2.22. The van der Waals surface area contributed by atoms with Gasteiger partial charge < -0.3 is 15.6 Å². The summed E-state index contributed by atoms with van der Waals surface area (Å²) in [7, 11) is 1.70. The van der Waals surface area contributed by atoms with Gasteiger partial charge in [-0.1, -0.05) is 18.2 Å². The summed E-state index contributed by atoms with van der Waals surface area (Å²) in [5.74, 6) is 0.892. The first kappa shape index (κ1) is 22.8. The van der Waals surface area contributed by atoms with Crippen LogP contribution < -0.4 is 10.6 Å². The van der Waals surface area contributed by atoms with Crippen LogP contribution in [0, 0.1) is 5.92 Å². The van der Waals surface area contributed by atoms with Crippen molar-refractivity contribution in [3.05, 3.63) is 36.0 Å². The molecule has 3 N–H and O–H groups in total. The summed E-state index contributed by atoms with van der Waals surface area (Å²) in [4.78, 5) is 8.94. The number of aromatic amines is 1. The SMILES string of the molecule is CN=C(NCCc1c[nH]c2ccccc12)NCC1CCN(CC(F)(F)F)C1.I. The Hall–Kier alpha value is -1.49. The highest BCUT2D eigenvalue weighted by atomic mass is 127. The standard InChI is InChI=1S/C19H26F3N5.HI/c1-23-18(26-10-14-7-9-27(12-14)13-19(20,21)22)24-8-6-15-11-25-17-5-3-2-4-16(15)17;/h2-5,11,14,25H,6-10,12-13H2,1H3,(H2,23,24,26);1H. The molecule has 2 aromatic rings. The fourth-order valence-corrected chi connectivity index (χ4v) is 3.59. The monoisotopic (exact) mass is 509 g/mol. The van der Waals surface area contributed by atoms with Gasteiger partial charge >= 0.3 is 6.18 Å². The van der Waals surface area contributed by atoms with E-state index >= 15 is 0 Å². The molecule has 0 aliphatic carbocycles. The van der Waals surface area contributed by atoms with Crippen molar-refractivity contribution in [3.63, 3.8) is 0 Å². The molecule has 1 unspecified atom stereocenters. The number of likely N-dealkylation sites (tertiary alicyclic amines) is 1. The number of guanidine groups is 1. The predicted octanol–water partition coefficient (Wildman–Crippen LogP) is 3.38. The molecule has 1 aromatic carbocycles. The Morgan fingerprint density at radius 1 is 1.29 bits per heavy atom. The number of nitrogens with one attached hydrogen (secondary N) is 3. The van der Waals surface area contributed by atoms with Gasteiger partial charge in [-0.15, -0.1) is 24.0 Å². The zero-order chi connectivity index (χ0) is 19.3. The molecule has 3 rings (SSSR count). The summed E-state index contributed by atoms with van der Waals surface area (Å²) >= 11 is 0. The Morgan fingerprint density at radius 2 is 2.07 bits per heavy atom. The Kier molecular flexibility index (Phi) is 8.41. The molecule has 1 aromatic heterocycles. The lowest BCUT2D eigenvalue weighted by molar-refractivity contribution is -0.143. The number of H-pyrrole nitrogens is 1. The van der Waals surface area contributed by atoms with Crippen LogP contribution in [0.4, 0.5) is 13.2 Å². The van der Waals surface area contributed by atoms with Gasteiger partial charge in [-0.05, 0) is 36.9 Å². The normalized spacial score (nSPS) is 18.3. The topological polar surface area (TPSA) is 55.5 Å². The number of para-hydroxylation sites is 1. The quantitative estimate of drug-likeness (QED) is 0.318. The van der Waals surface area contributed by atoms with Crippen LogP contribution in [-0.2, 0) is 6.42 Å². The molecule has 0 amide bonds. The fraction of sp³-hybridized carbons (Fsp3) is 0.526. The maximum Gasteiger partial charge on any atom is 0.401 e. The van der Waals surface area contributed by atoms with Gasteiger partial charge in [0, 0.05) is 43.8 Å². The fourth-order valence-electron chi connectivity index (χ4n) is 3.59. The molecule has 0 bridgehead atoms. The van der Waals surface area contributed by atoms with Crippen LogP contribution in [-0.4, -0.2) is 61.8 Å². The predicted molar refractivity (Wildman–Crippen MR) is 117 cm³/mol. The lowest BCUT2D eigenvalue weighted by Crippen LogP contribution is -2.41. The summed E-state index contributed by atoms with van der Waals surface area (Å²) in [6.45, 7) is 1.51. The number of benzene rings is 1. The lowest BCUT2D eigenvalue weighted by Gasteiger charge is -2.18. The van der Waals surface area contributed by atoms with E-state index in [9.17, 15) is 13.2 Å². The van der Waals surface area contributed by atoms with Crippen LogP contribution in [0.15, 0.2) is 35.5 Å². The first-order chi connectivity index (χ1) is 12.9. The van der Waals surface area contributed by atoms with Crippen LogP contribution in [0.2, 0.25) is 0 Å². The third-order valence-corrected chi connectivity index (χ3v) is 4.92. The first-order valence-electron chi connectivity index (χ1n) is 9.23. The average molecular weight is 509 g/mol. The Morgan fingerprint density at radius 3 is 2.82 bits per heavy atom.